The number of aryl methyl sites for hydroxylation is 1. The van der Waals surface area contributed by atoms with Gasteiger partial charge in [0.05, 0.1) is 6.33 Å². The van der Waals surface area contributed by atoms with Gasteiger partial charge in [-0.05, 0) is 37.8 Å². The number of fused-ring (bicyclic) bond motifs is 1. The van der Waals surface area contributed by atoms with E-state index in [0.717, 1.165) is 18.4 Å². The minimum Gasteiger partial charge on any atom is -0.481 e. The fourth-order valence-corrected chi connectivity index (χ4v) is 3.67. The van der Waals surface area contributed by atoms with Crippen molar-refractivity contribution >= 4 is 22.9 Å². The van der Waals surface area contributed by atoms with Gasteiger partial charge in [0.2, 0.25) is 5.82 Å². The monoisotopic (exact) mass is 464 g/mol. The highest BCUT2D eigenvalue weighted by Crippen LogP contribution is 2.33. The van der Waals surface area contributed by atoms with E-state index in [-0.39, 0.29) is 35.5 Å². The van der Waals surface area contributed by atoms with Gasteiger partial charge < -0.3 is 30.7 Å². The summed E-state index contributed by atoms with van der Waals surface area (Å²) in [4.78, 5) is 25.1. The van der Waals surface area contributed by atoms with Gasteiger partial charge in [0.1, 0.15) is 30.1 Å². The lowest BCUT2D eigenvalue weighted by Crippen LogP contribution is -2.43. The summed E-state index contributed by atoms with van der Waals surface area (Å²) < 4.78 is 12.7. The van der Waals surface area contributed by atoms with Crippen LogP contribution >= 0.6 is 0 Å². The van der Waals surface area contributed by atoms with E-state index in [9.17, 15) is 15.0 Å². The smallest absolute Gasteiger partial charge is 0.252 e. The van der Waals surface area contributed by atoms with Crippen LogP contribution in [-0.4, -0.2) is 66.6 Å². The first-order valence-electron chi connectivity index (χ1n) is 10.9. The quantitative estimate of drug-likeness (QED) is 0.383. The Morgan fingerprint density at radius 3 is 2.76 bits per heavy atom. The summed E-state index contributed by atoms with van der Waals surface area (Å²) in [5.41, 5.74) is 7.71. The summed E-state index contributed by atoms with van der Waals surface area (Å²) in [6, 6.07) is 7.69. The number of anilines is 1. The zero-order valence-electron chi connectivity index (χ0n) is 18.4. The number of carbonyl (C=O) groups is 1. The van der Waals surface area contributed by atoms with E-state index < -0.39 is 30.4 Å². The average Bonchev–Trinajstić information content (AvgIpc) is 3.45. The largest absolute Gasteiger partial charge is 0.481 e. The third kappa shape index (κ3) is 4.38. The van der Waals surface area contributed by atoms with E-state index in [0.29, 0.717) is 5.75 Å². The number of nitrogens with zero attached hydrogens (tertiary/aromatic N) is 4. The van der Waals surface area contributed by atoms with E-state index in [4.69, 9.17) is 15.2 Å². The minimum absolute atomic E-state index is 0.0947. The molecule has 1 aliphatic carbocycles. The zero-order valence-corrected chi connectivity index (χ0v) is 18.4. The lowest BCUT2D eigenvalue weighted by molar-refractivity contribution is -0.137. The van der Waals surface area contributed by atoms with Crippen LogP contribution in [0.5, 0.6) is 5.75 Å². The topological polar surface area (TPSA) is 158 Å². The van der Waals surface area contributed by atoms with Crippen LogP contribution in [0, 0.1) is 18.8 Å². The molecule has 2 aromatic heterocycles. The van der Waals surface area contributed by atoms with Gasteiger partial charge in [-0.15, -0.1) is 0 Å². The first-order valence-corrected chi connectivity index (χ1v) is 10.9. The highest BCUT2D eigenvalue weighted by molar-refractivity contribution is 5.83. The van der Waals surface area contributed by atoms with Crippen molar-refractivity contribution in [1.82, 2.24) is 24.8 Å². The number of ether oxygens (including phenoxy) is 2. The number of amides is 1. The number of aromatic nitrogens is 4. The molecule has 0 bridgehead atoms. The normalized spacial score (nSPS) is 24.0. The fraction of sp³-hybridized carbons (Fsp3) is 0.391. The summed E-state index contributed by atoms with van der Waals surface area (Å²) in [5.74, 6) is 6.12. The van der Waals surface area contributed by atoms with Crippen molar-refractivity contribution in [3.8, 4) is 17.6 Å². The maximum absolute atomic E-state index is 12.4. The predicted molar refractivity (Wildman–Crippen MR) is 120 cm³/mol. The Hall–Kier alpha value is -3.72. The number of nitrogens with two attached hydrogens (primary N) is 1. The van der Waals surface area contributed by atoms with Gasteiger partial charge in [0.15, 0.2) is 23.8 Å². The van der Waals surface area contributed by atoms with Crippen molar-refractivity contribution < 1.29 is 24.5 Å². The number of nitrogens with one attached hydrogen (secondary N) is 1. The third-order valence-corrected chi connectivity index (χ3v) is 5.68. The van der Waals surface area contributed by atoms with Crippen LogP contribution in [0.4, 0.5) is 5.82 Å². The van der Waals surface area contributed by atoms with Crippen LogP contribution in [0.2, 0.25) is 0 Å². The second-order valence-electron chi connectivity index (χ2n) is 8.37. The average molecular weight is 464 g/mol. The molecule has 1 saturated carbocycles. The number of carbonyl (C=O) groups excluding carboxylic acids is 1. The molecule has 11 heteroatoms. The van der Waals surface area contributed by atoms with Crippen molar-refractivity contribution in [3.05, 3.63) is 42.0 Å². The molecule has 3 heterocycles. The van der Waals surface area contributed by atoms with Crippen LogP contribution in [0.15, 0.2) is 30.6 Å². The molecular formula is C23H24N6O5. The molecule has 2 aliphatic rings. The van der Waals surface area contributed by atoms with Crippen molar-refractivity contribution in [2.24, 2.45) is 0 Å². The molecule has 3 aromatic rings. The van der Waals surface area contributed by atoms with E-state index in [2.05, 4.69) is 32.1 Å². The van der Waals surface area contributed by atoms with E-state index in [1.807, 2.05) is 31.2 Å². The van der Waals surface area contributed by atoms with E-state index in [1.165, 1.54) is 10.9 Å². The standard InChI is InChI=1S/C23H24N6O5/c1-12-4-8-14(9-5-12)33-10-2-3-15-27-20(24)16-21(28-15)29(11-25-16)23-18(31)17(30)19(34-23)22(32)26-13-6-7-13/h4-5,8-9,11,13,17-19,23,30-31H,6-7,10H2,1H3,(H,26,32)(H2,24,27,28). The van der Waals surface area contributed by atoms with E-state index >= 15 is 0 Å². The molecule has 0 radical (unpaired) electrons. The SMILES string of the molecule is Cc1ccc(OCC#Cc2nc(N)c3ncn(C4OC(C(=O)NC5CC5)C(O)C4O)c3n2)cc1. The van der Waals surface area contributed by atoms with Gasteiger partial charge in [-0.2, -0.15) is 0 Å². The van der Waals surface area contributed by atoms with Crippen molar-refractivity contribution in [2.75, 3.05) is 12.3 Å². The van der Waals surface area contributed by atoms with Crippen LogP contribution in [0.1, 0.15) is 30.5 Å². The van der Waals surface area contributed by atoms with Gasteiger partial charge in [0.25, 0.3) is 5.91 Å². The number of benzene rings is 1. The molecule has 4 atom stereocenters. The molecule has 11 nitrogen and oxygen atoms in total. The second kappa shape index (κ2) is 8.90. The molecule has 0 spiro atoms. The molecule has 1 amide bonds. The maximum atomic E-state index is 12.4. The van der Waals surface area contributed by atoms with Gasteiger partial charge in [-0.25, -0.2) is 15.0 Å². The summed E-state index contributed by atoms with van der Waals surface area (Å²) in [6.07, 6.45) is -1.93. The Kier molecular flexibility index (Phi) is 5.79. The van der Waals surface area contributed by atoms with Gasteiger partial charge in [-0.3, -0.25) is 9.36 Å². The Morgan fingerprint density at radius 1 is 1.26 bits per heavy atom. The first-order chi connectivity index (χ1) is 16.4. The maximum Gasteiger partial charge on any atom is 0.252 e. The predicted octanol–water partition coefficient (Wildman–Crippen LogP) is 0.0452. The highest BCUT2D eigenvalue weighted by atomic mass is 16.6. The Labute approximate surface area is 194 Å². The third-order valence-electron chi connectivity index (χ3n) is 5.68. The Bertz CT molecular complexity index is 1280. The Balaban J connectivity index is 1.35. The summed E-state index contributed by atoms with van der Waals surface area (Å²) >= 11 is 0. The molecular weight excluding hydrogens is 440 g/mol. The number of hydrogen-bond donors (Lipinski definition) is 4. The highest BCUT2D eigenvalue weighted by Gasteiger charge is 2.48. The molecule has 1 aromatic carbocycles. The van der Waals surface area contributed by atoms with Gasteiger partial charge >= 0.3 is 0 Å². The molecule has 176 valence electrons. The zero-order chi connectivity index (χ0) is 23.8. The molecule has 2 fully saturated rings. The van der Waals surface area contributed by atoms with Crippen molar-refractivity contribution in [3.63, 3.8) is 0 Å². The molecule has 4 unspecified atom stereocenters. The molecule has 5 rings (SSSR count). The van der Waals surface area contributed by atoms with E-state index in [1.54, 1.807) is 0 Å². The molecule has 1 aliphatic heterocycles. The Morgan fingerprint density at radius 2 is 2.03 bits per heavy atom. The van der Waals surface area contributed by atoms with Crippen LogP contribution < -0.4 is 15.8 Å². The fourth-order valence-electron chi connectivity index (χ4n) is 3.67. The molecule has 34 heavy (non-hydrogen) atoms. The van der Waals surface area contributed by atoms with Crippen molar-refractivity contribution in [2.45, 2.75) is 50.3 Å². The van der Waals surface area contributed by atoms with Gasteiger partial charge in [-0.1, -0.05) is 23.6 Å². The van der Waals surface area contributed by atoms with Gasteiger partial charge in [0, 0.05) is 6.04 Å². The minimum atomic E-state index is -1.40. The second-order valence-corrected chi connectivity index (χ2v) is 8.37. The van der Waals surface area contributed by atoms with Crippen LogP contribution in [0.25, 0.3) is 11.2 Å². The lowest BCUT2D eigenvalue weighted by atomic mass is 10.1. The first kappa shape index (κ1) is 22.1. The summed E-state index contributed by atoms with van der Waals surface area (Å²) in [7, 11) is 0. The summed E-state index contributed by atoms with van der Waals surface area (Å²) in [5, 5.41) is 23.7. The number of rotatable bonds is 5. The van der Waals surface area contributed by atoms with Crippen LogP contribution in [0.3, 0.4) is 0 Å². The number of imidazole rings is 1. The summed E-state index contributed by atoms with van der Waals surface area (Å²) in [6.45, 7) is 2.11. The van der Waals surface area contributed by atoms with Crippen LogP contribution in [-0.2, 0) is 9.53 Å². The number of aliphatic hydroxyl groups excluding tert-OH is 2. The van der Waals surface area contributed by atoms with Crippen molar-refractivity contribution in [1.29, 1.82) is 0 Å². The lowest BCUT2D eigenvalue weighted by Gasteiger charge is -2.16. The molecule has 1 saturated heterocycles. The number of hydrogen-bond acceptors (Lipinski definition) is 9. The number of aliphatic hydroxyl groups is 2. The number of nitrogen functional groups attached to an aromatic ring is 1. The molecule has 5 N–H and O–H groups in total.